The van der Waals surface area contributed by atoms with Gasteiger partial charge in [-0.05, 0) is 31.4 Å². The Morgan fingerprint density at radius 2 is 2.06 bits per heavy atom. The summed E-state index contributed by atoms with van der Waals surface area (Å²) >= 11 is 0.959. The van der Waals surface area contributed by atoms with E-state index in [2.05, 4.69) is 20.3 Å². The lowest BCUT2D eigenvalue weighted by Gasteiger charge is -2.24. The van der Waals surface area contributed by atoms with Gasteiger partial charge in [0.05, 0.1) is 11.8 Å². The van der Waals surface area contributed by atoms with Crippen LogP contribution in [-0.4, -0.2) is 39.8 Å². The number of hydrogen-bond donors (Lipinski definition) is 3. The molecule has 12 heteroatoms. The van der Waals surface area contributed by atoms with E-state index >= 15 is 0 Å². The van der Waals surface area contributed by atoms with Gasteiger partial charge in [0.25, 0.3) is 5.91 Å². The van der Waals surface area contributed by atoms with Crippen LogP contribution in [0.15, 0.2) is 30.5 Å². The number of anilines is 3. The van der Waals surface area contributed by atoms with Crippen LogP contribution in [0.5, 0.6) is 0 Å². The molecule has 1 aliphatic rings. The topological polar surface area (TPSA) is 115 Å². The van der Waals surface area contributed by atoms with Crippen LogP contribution in [0.4, 0.5) is 29.7 Å². The lowest BCUT2D eigenvalue weighted by Crippen LogP contribution is -2.29. The molecule has 3 aromatic rings. The van der Waals surface area contributed by atoms with Crippen LogP contribution in [-0.2, 0) is 13.2 Å². The van der Waals surface area contributed by atoms with Gasteiger partial charge >= 0.3 is 6.18 Å². The average Bonchev–Trinajstić information content (AvgIpc) is 3.25. The van der Waals surface area contributed by atoms with E-state index in [1.54, 1.807) is 17.9 Å². The summed E-state index contributed by atoms with van der Waals surface area (Å²) in [5.41, 5.74) is 12.0. The van der Waals surface area contributed by atoms with Gasteiger partial charge in [-0.25, -0.2) is 4.98 Å². The number of nitrogens with one attached hydrogen (secondary N) is 1. The standard InChI is InChI=1S/C21H24F3N7OS/c1-30-20(31-8-3-6-14(25)7-9-31)15(11-27-30)28-18(32)16-17(26)33-19(29-16)12-4-2-5-13(10-12)21(22,23)24/h2,4-5,10-11,14H,3,6-9,25-26H2,1H3,(H,28,32)/t14-/m1/s1. The maximum atomic E-state index is 13.1. The number of amides is 1. The van der Waals surface area contributed by atoms with Crippen LogP contribution in [0.2, 0.25) is 0 Å². The number of alkyl halides is 3. The van der Waals surface area contributed by atoms with Crippen molar-refractivity contribution in [3.63, 3.8) is 0 Å². The Morgan fingerprint density at radius 3 is 2.82 bits per heavy atom. The molecule has 0 spiro atoms. The zero-order valence-electron chi connectivity index (χ0n) is 17.9. The molecule has 0 bridgehead atoms. The highest BCUT2D eigenvalue weighted by atomic mass is 32.1. The summed E-state index contributed by atoms with van der Waals surface area (Å²) in [4.78, 5) is 19.3. The second-order valence-corrected chi connectivity index (χ2v) is 8.98. The summed E-state index contributed by atoms with van der Waals surface area (Å²) in [5.74, 6) is 0.201. The summed E-state index contributed by atoms with van der Waals surface area (Å²) in [6, 6.07) is 4.91. The van der Waals surface area contributed by atoms with Crippen LogP contribution < -0.4 is 21.7 Å². The van der Waals surface area contributed by atoms with E-state index in [-0.39, 0.29) is 27.3 Å². The molecule has 1 amide bonds. The van der Waals surface area contributed by atoms with E-state index in [0.29, 0.717) is 5.69 Å². The number of aryl methyl sites for hydroxylation is 1. The highest BCUT2D eigenvalue weighted by molar-refractivity contribution is 7.19. The molecular weight excluding hydrogens is 455 g/mol. The van der Waals surface area contributed by atoms with Crippen molar-refractivity contribution in [1.29, 1.82) is 0 Å². The normalized spacial score (nSPS) is 17.1. The fourth-order valence-electron chi connectivity index (χ4n) is 3.86. The monoisotopic (exact) mass is 479 g/mol. The van der Waals surface area contributed by atoms with Gasteiger partial charge in [-0.2, -0.15) is 18.3 Å². The molecule has 5 N–H and O–H groups in total. The first-order valence-electron chi connectivity index (χ1n) is 10.4. The molecule has 1 aliphatic heterocycles. The summed E-state index contributed by atoms with van der Waals surface area (Å²) < 4.78 is 40.8. The molecule has 0 unspecified atom stereocenters. The fourth-order valence-corrected chi connectivity index (χ4v) is 4.68. The van der Waals surface area contributed by atoms with Crippen LogP contribution in [0, 0.1) is 0 Å². The molecule has 3 heterocycles. The van der Waals surface area contributed by atoms with Crippen molar-refractivity contribution >= 4 is 33.8 Å². The molecule has 176 valence electrons. The molecule has 1 saturated heterocycles. The fraction of sp³-hybridized carbons (Fsp3) is 0.381. The van der Waals surface area contributed by atoms with Crippen molar-refractivity contribution in [2.24, 2.45) is 12.8 Å². The first-order valence-corrected chi connectivity index (χ1v) is 11.2. The van der Waals surface area contributed by atoms with Crippen molar-refractivity contribution in [2.45, 2.75) is 31.5 Å². The number of halogens is 3. The molecule has 33 heavy (non-hydrogen) atoms. The van der Waals surface area contributed by atoms with E-state index in [9.17, 15) is 18.0 Å². The quantitative estimate of drug-likeness (QED) is 0.526. The minimum atomic E-state index is -4.48. The van der Waals surface area contributed by atoms with Crippen molar-refractivity contribution in [3.8, 4) is 10.6 Å². The van der Waals surface area contributed by atoms with Gasteiger partial charge in [0.1, 0.15) is 15.7 Å². The van der Waals surface area contributed by atoms with Crippen molar-refractivity contribution in [1.82, 2.24) is 14.8 Å². The summed E-state index contributed by atoms with van der Waals surface area (Å²) in [6.45, 7) is 1.52. The van der Waals surface area contributed by atoms with Crippen LogP contribution in [0.3, 0.4) is 0 Å². The third-order valence-corrected chi connectivity index (χ3v) is 6.47. The summed E-state index contributed by atoms with van der Waals surface area (Å²) in [5, 5.41) is 7.43. The molecule has 1 atom stereocenters. The Balaban J connectivity index is 1.57. The first-order chi connectivity index (χ1) is 15.6. The van der Waals surface area contributed by atoms with Gasteiger partial charge in [0, 0.05) is 31.7 Å². The summed E-state index contributed by atoms with van der Waals surface area (Å²) in [7, 11) is 1.79. The van der Waals surface area contributed by atoms with Gasteiger partial charge in [0.15, 0.2) is 11.5 Å². The molecule has 0 saturated carbocycles. The highest BCUT2D eigenvalue weighted by Crippen LogP contribution is 2.35. The van der Waals surface area contributed by atoms with Crippen molar-refractivity contribution in [2.75, 3.05) is 29.0 Å². The Kier molecular flexibility index (Phi) is 6.30. The molecule has 0 radical (unpaired) electrons. The van der Waals surface area contributed by atoms with Crippen LogP contribution in [0.1, 0.15) is 35.3 Å². The van der Waals surface area contributed by atoms with E-state index in [1.165, 1.54) is 12.1 Å². The number of benzene rings is 1. The lowest BCUT2D eigenvalue weighted by atomic mass is 10.1. The van der Waals surface area contributed by atoms with E-state index in [4.69, 9.17) is 11.5 Å². The van der Waals surface area contributed by atoms with E-state index in [1.807, 2.05) is 0 Å². The molecule has 4 rings (SSSR count). The zero-order chi connectivity index (χ0) is 23.8. The number of nitrogen functional groups attached to an aromatic ring is 1. The SMILES string of the molecule is Cn1ncc(NC(=O)c2nc(-c3cccc(C(F)(F)F)c3)sc2N)c1N1CCC[C@@H](N)CC1. The lowest BCUT2D eigenvalue weighted by molar-refractivity contribution is -0.137. The smallest absolute Gasteiger partial charge is 0.389 e. The van der Waals surface area contributed by atoms with Crippen molar-refractivity contribution in [3.05, 3.63) is 41.7 Å². The minimum absolute atomic E-state index is 0.0416. The van der Waals surface area contributed by atoms with E-state index < -0.39 is 17.6 Å². The van der Waals surface area contributed by atoms with Gasteiger partial charge in [-0.1, -0.05) is 23.5 Å². The molecule has 2 aromatic heterocycles. The third-order valence-electron chi connectivity index (χ3n) is 5.53. The number of rotatable bonds is 4. The van der Waals surface area contributed by atoms with Crippen LogP contribution in [0.25, 0.3) is 10.6 Å². The Morgan fingerprint density at radius 1 is 1.27 bits per heavy atom. The number of hydrogen-bond acceptors (Lipinski definition) is 7. The molecule has 8 nitrogen and oxygen atoms in total. The Bertz CT molecular complexity index is 1160. The first kappa shape index (κ1) is 23.1. The largest absolute Gasteiger partial charge is 0.416 e. The summed E-state index contributed by atoms with van der Waals surface area (Å²) in [6.07, 6.45) is -0.234. The second-order valence-electron chi connectivity index (χ2n) is 7.95. The molecular formula is C21H24F3N7OS. The highest BCUT2D eigenvalue weighted by Gasteiger charge is 2.31. The zero-order valence-corrected chi connectivity index (χ0v) is 18.7. The van der Waals surface area contributed by atoms with Gasteiger partial charge in [-0.15, -0.1) is 0 Å². The molecule has 0 aliphatic carbocycles. The van der Waals surface area contributed by atoms with Gasteiger partial charge < -0.3 is 21.7 Å². The maximum absolute atomic E-state index is 13.1. The second kappa shape index (κ2) is 9.02. The minimum Gasteiger partial charge on any atom is -0.389 e. The van der Waals surface area contributed by atoms with Gasteiger partial charge in [-0.3, -0.25) is 9.48 Å². The number of carbonyl (C=O) groups is 1. The number of nitrogens with two attached hydrogens (primary N) is 2. The van der Waals surface area contributed by atoms with Crippen molar-refractivity contribution < 1.29 is 18.0 Å². The average molecular weight is 480 g/mol. The maximum Gasteiger partial charge on any atom is 0.416 e. The number of carbonyl (C=O) groups excluding carboxylic acids is 1. The Hall–Kier alpha value is -3.12. The number of aromatic nitrogens is 3. The van der Waals surface area contributed by atoms with Crippen LogP contribution >= 0.6 is 11.3 Å². The predicted octanol–water partition coefficient (Wildman–Crippen LogP) is 3.71. The molecule has 1 aromatic carbocycles. The number of nitrogens with zero attached hydrogens (tertiary/aromatic N) is 4. The number of thiazole rings is 1. The van der Waals surface area contributed by atoms with E-state index in [0.717, 1.165) is 61.6 Å². The third kappa shape index (κ3) is 4.96. The molecule has 1 fully saturated rings. The Labute approximate surface area is 192 Å². The van der Waals surface area contributed by atoms with Gasteiger partial charge in [0.2, 0.25) is 0 Å². The predicted molar refractivity (Wildman–Crippen MR) is 122 cm³/mol.